The summed E-state index contributed by atoms with van der Waals surface area (Å²) in [7, 11) is -1.15. The van der Waals surface area contributed by atoms with Gasteiger partial charge in [0.2, 0.25) is 0 Å². The van der Waals surface area contributed by atoms with Gasteiger partial charge in [0.1, 0.15) is 12.4 Å². The predicted molar refractivity (Wildman–Crippen MR) is 155 cm³/mol. The number of fused-ring (bicyclic) bond motifs is 3. The van der Waals surface area contributed by atoms with Crippen molar-refractivity contribution in [3.8, 4) is 6.07 Å². The summed E-state index contributed by atoms with van der Waals surface area (Å²) in [4.78, 5) is 20.1. The van der Waals surface area contributed by atoms with Gasteiger partial charge in [0.15, 0.2) is 5.43 Å². The van der Waals surface area contributed by atoms with Crippen LogP contribution in [0.15, 0.2) is 59.8 Å². The molecule has 1 aliphatic rings. The first-order chi connectivity index (χ1) is 18.2. The zero-order valence-corrected chi connectivity index (χ0v) is 23.9. The standard InChI is InChI=1S/C30H37N5O2Si/c1-22-9-12-33(19-24-7-5-23(17-31)6-8-24)20-27(22)35-14-11-28(36)26-18-32-30-25(29(26)35)10-13-34(30)21-37-15-16-38(2,3)4/h5-8,10-11,13-14,18,22,27H,9,12,15-16,19-21H2,1-4H3/t22-,27+/m1/s1. The molecule has 0 unspecified atom stereocenters. The van der Waals surface area contributed by atoms with Gasteiger partial charge in [-0.1, -0.05) is 38.7 Å². The number of likely N-dealkylation sites (tertiary alicyclic amines) is 1. The van der Waals surface area contributed by atoms with E-state index in [0.29, 0.717) is 23.6 Å². The van der Waals surface area contributed by atoms with Crippen molar-refractivity contribution in [3.05, 3.63) is 76.3 Å². The second-order valence-electron chi connectivity index (χ2n) is 11.9. The minimum absolute atomic E-state index is 0.00249. The average molecular weight is 528 g/mol. The van der Waals surface area contributed by atoms with Gasteiger partial charge in [0, 0.05) is 63.9 Å². The molecule has 2 atom stereocenters. The van der Waals surface area contributed by atoms with E-state index in [0.717, 1.165) is 55.3 Å². The number of ether oxygens (including phenoxy) is 1. The molecule has 0 saturated carbocycles. The van der Waals surface area contributed by atoms with E-state index >= 15 is 0 Å². The third kappa shape index (κ3) is 5.60. The molecule has 38 heavy (non-hydrogen) atoms. The molecule has 1 fully saturated rings. The van der Waals surface area contributed by atoms with E-state index in [1.54, 1.807) is 12.3 Å². The summed E-state index contributed by atoms with van der Waals surface area (Å²) in [5.74, 6) is 0.466. The number of nitrogens with zero attached hydrogens (tertiary/aromatic N) is 5. The molecule has 198 valence electrons. The first-order valence-electron chi connectivity index (χ1n) is 13.5. The highest BCUT2D eigenvalue weighted by molar-refractivity contribution is 6.76. The van der Waals surface area contributed by atoms with Gasteiger partial charge in [-0.05, 0) is 48.7 Å². The molecule has 7 nitrogen and oxygen atoms in total. The van der Waals surface area contributed by atoms with Crippen molar-refractivity contribution in [2.45, 2.75) is 58.3 Å². The Hall–Kier alpha value is -3.25. The van der Waals surface area contributed by atoms with Crippen LogP contribution < -0.4 is 5.43 Å². The fourth-order valence-electron chi connectivity index (χ4n) is 5.38. The summed E-state index contributed by atoms with van der Waals surface area (Å²) < 4.78 is 10.4. The predicted octanol–water partition coefficient (Wildman–Crippen LogP) is 5.62. The average Bonchev–Trinajstić information content (AvgIpc) is 3.31. The molecule has 1 aromatic carbocycles. The van der Waals surface area contributed by atoms with Crippen LogP contribution in [0.5, 0.6) is 0 Å². The van der Waals surface area contributed by atoms with E-state index in [1.807, 2.05) is 41.2 Å². The fourth-order valence-corrected chi connectivity index (χ4v) is 6.14. The Morgan fingerprint density at radius 2 is 1.89 bits per heavy atom. The number of rotatable bonds is 8. The van der Waals surface area contributed by atoms with Crippen molar-refractivity contribution in [2.75, 3.05) is 19.7 Å². The molecule has 1 aliphatic heterocycles. The normalized spacial score (nSPS) is 18.7. The minimum Gasteiger partial charge on any atom is -0.361 e. The number of nitriles is 1. The SMILES string of the molecule is C[C@@H]1CCN(Cc2ccc(C#N)cc2)C[C@@H]1n1ccc(=O)c2cnc3c(ccn3COCC[Si](C)(C)C)c21. The number of pyridine rings is 2. The number of aromatic nitrogens is 3. The van der Waals surface area contributed by atoms with Gasteiger partial charge in [-0.3, -0.25) is 9.69 Å². The van der Waals surface area contributed by atoms with Gasteiger partial charge in [-0.15, -0.1) is 0 Å². The van der Waals surface area contributed by atoms with Crippen LogP contribution >= 0.6 is 0 Å². The molecule has 5 rings (SSSR count). The van der Waals surface area contributed by atoms with E-state index in [9.17, 15) is 4.79 Å². The van der Waals surface area contributed by atoms with Crippen LogP contribution in [0.3, 0.4) is 0 Å². The highest BCUT2D eigenvalue weighted by atomic mass is 28.3. The Balaban J connectivity index is 1.44. The van der Waals surface area contributed by atoms with Crippen molar-refractivity contribution in [3.63, 3.8) is 0 Å². The Kier molecular flexibility index (Phi) is 7.53. The van der Waals surface area contributed by atoms with Crippen molar-refractivity contribution >= 4 is 30.0 Å². The second-order valence-corrected chi connectivity index (χ2v) is 17.5. The van der Waals surface area contributed by atoms with E-state index in [1.165, 1.54) is 5.56 Å². The zero-order chi connectivity index (χ0) is 26.9. The summed E-state index contributed by atoms with van der Waals surface area (Å²) >= 11 is 0. The topological polar surface area (TPSA) is 76.1 Å². The van der Waals surface area contributed by atoms with E-state index in [-0.39, 0.29) is 11.5 Å². The molecular formula is C30H37N5O2Si. The number of benzene rings is 1. The number of hydrogen-bond donors (Lipinski definition) is 0. The molecule has 1 saturated heterocycles. The van der Waals surface area contributed by atoms with Gasteiger partial charge in [0.05, 0.1) is 22.5 Å². The number of piperidine rings is 1. The Labute approximate surface area is 225 Å². The lowest BCUT2D eigenvalue weighted by Crippen LogP contribution is -2.40. The Bertz CT molecular complexity index is 1530. The second kappa shape index (κ2) is 10.9. The fraction of sp³-hybridized carbons (Fsp3) is 0.433. The van der Waals surface area contributed by atoms with Crippen LogP contribution in [-0.2, 0) is 18.0 Å². The first kappa shape index (κ1) is 26.4. The van der Waals surface area contributed by atoms with E-state index < -0.39 is 8.07 Å². The highest BCUT2D eigenvalue weighted by Gasteiger charge is 2.29. The van der Waals surface area contributed by atoms with E-state index in [2.05, 4.69) is 48.2 Å². The third-order valence-electron chi connectivity index (χ3n) is 7.75. The Morgan fingerprint density at radius 1 is 1.11 bits per heavy atom. The van der Waals surface area contributed by atoms with E-state index in [4.69, 9.17) is 15.0 Å². The summed E-state index contributed by atoms with van der Waals surface area (Å²) in [5, 5.41) is 10.8. The highest BCUT2D eigenvalue weighted by Crippen LogP contribution is 2.33. The van der Waals surface area contributed by atoms with Crippen molar-refractivity contribution in [1.82, 2.24) is 19.0 Å². The molecule has 0 amide bonds. The molecule has 0 N–H and O–H groups in total. The largest absolute Gasteiger partial charge is 0.361 e. The van der Waals surface area contributed by atoms with Crippen LogP contribution in [0.25, 0.3) is 21.9 Å². The van der Waals surface area contributed by atoms with Crippen LogP contribution in [0.4, 0.5) is 0 Å². The van der Waals surface area contributed by atoms with Gasteiger partial charge >= 0.3 is 0 Å². The van der Waals surface area contributed by atoms with Crippen LogP contribution in [0.1, 0.15) is 30.5 Å². The lowest BCUT2D eigenvalue weighted by Gasteiger charge is -2.39. The van der Waals surface area contributed by atoms with Crippen molar-refractivity contribution in [2.24, 2.45) is 5.92 Å². The number of hydrogen-bond acceptors (Lipinski definition) is 5. The smallest absolute Gasteiger partial charge is 0.190 e. The quantitative estimate of drug-likeness (QED) is 0.220. The lowest BCUT2D eigenvalue weighted by atomic mass is 9.92. The zero-order valence-electron chi connectivity index (χ0n) is 22.9. The molecular weight excluding hydrogens is 490 g/mol. The third-order valence-corrected chi connectivity index (χ3v) is 9.45. The molecule has 0 aliphatic carbocycles. The minimum atomic E-state index is -1.15. The summed E-state index contributed by atoms with van der Waals surface area (Å²) in [6.45, 7) is 13.3. The Morgan fingerprint density at radius 3 is 2.63 bits per heavy atom. The molecule has 3 aromatic heterocycles. The summed E-state index contributed by atoms with van der Waals surface area (Å²) in [5.41, 5.74) is 3.70. The lowest BCUT2D eigenvalue weighted by molar-refractivity contribution is 0.0899. The molecule has 4 aromatic rings. The summed E-state index contributed by atoms with van der Waals surface area (Å²) in [6, 6.07) is 15.2. The molecule has 0 radical (unpaired) electrons. The van der Waals surface area contributed by atoms with Gasteiger partial charge in [-0.2, -0.15) is 5.26 Å². The molecule has 4 heterocycles. The van der Waals surface area contributed by atoms with Gasteiger partial charge in [0.25, 0.3) is 0 Å². The monoisotopic (exact) mass is 527 g/mol. The maximum Gasteiger partial charge on any atom is 0.190 e. The molecule has 0 bridgehead atoms. The van der Waals surface area contributed by atoms with Crippen molar-refractivity contribution < 1.29 is 4.74 Å². The maximum absolute atomic E-state index is 12.9. The first-order valence-corrected chi connectivity index (χ1v) is 17.2. The molecule has 8 heteroatoms. The van der Waals surface area contributed by atoms with Gasteiger partial charge < -0.3 is 13.9 Å². The van der Waals surface area contributed by atoms with Gasteiger partial charge in [-0.25, -0.2) is 4.98 Å². The van der Waals surface area contributed by atoms with Crippen LogP contribution in [-0.4, -0.2) is 46.8 Å². The van der Waals surface area contributed by atoms with Crippen molar-refractivity contribution in [1.29, 1.82) is 5.26 Å². The van der Waals surface area contributed by atoms with Crippen LogP contribution in [0, 0.1) is 17.2 Å². The molecule has 0 spiro atoms. The van der Waals surface area contributed by atoms with Crippen LogP contribution in [0.2, 0.25) is 25.7 Å². The summed E-state index contributed by atoms with van der Waals surface area (Å²) in [6.07, 6.45) is 6.80. The maximum atomic E-state index is 12.9.